The molecule has 0 aromatic heterocycles. The Bertz CT molecular complexity index is 346. The van der Waals surface area contributed by atoms with Crippen molar-refractivity contribution >= 4 is 12.1 Å². The van der Waals surface area contributed by atoms with E-state index in [9.17, 15) is 9.59 Å². The summed E-state index contributed by atoms with van der Waals surface area (Å²) in [4.78, 5) is 24.3. The highest BCUT2D eigenvalue weighted by atomic mass is 16.6. The summed E-state index contributed by atoms with van der Waals surface area (Å²) >= 11 is 0. The highest BCUT2D eigenvalue weighted by molar-refractivity contribution is 5.70. The Morgan fingerprint density at radius 3 is 2.43 bits per heavy atom. The van der Waals surface area contributed by atoms with Gasteiger partial charge in [-0.15, -0.1) is 0 Å². The number of nitrogens with zero attached hydrogens (tertiary/aromatic N) is 1. The van der Waals surface area contributed by atoms with Gasteiger partial charge in [0, 0.05) is 0 Å². The average Bonchev–Trinajstić information content (AvgIpc) is 2.28. The minimum Gasteiger partial charge on any atom is -0.464 e. The van der Waals surface area contributed by atoms with E-state index >= 15 is 0 Å². The predicted octanol–water partition coefficient (Wildman–Crippen LogP) is 1.20. The Balaban J connectivity index is 2.00. The number of carbonyl (C=O) groups excluding carboxylic acids is 2. The summed E-state index contributed by atoms with van der Waals surface area (Å²) in [6, 6.07) is 0. The van der Waals surface area contributed by atoms with Gasteiger partial charge in [-0.2, -0.15) is 0 Å². The fourth-order valence-electron chi connectivity index (χ4n) is 1.65. The molecule has 1 fully saturated rings. The topological polar surface area (TPSA) is 74.3 Å². The molecule has 1 aliphatic rings. The van der Waals surface area contributed by atoms with Crippen LogP contribution in [-0.4, -0.2) is 68.2 Å². The molecule has 0 atom stereocenters. The molecule has 7 heteroatoms. The van der Waals surface area contributed by atoms with Crippen LogP contribution in [0.4, 0.5) is 4.79 Å². The molecule has 1 rings (SSSR count). The predicted molar refractivity (Wildman–Crippen MR) is 75.0 cm³/mol. The molecule has 0 radical (unpaired) electrons. The molecule has 0 bridgehead atoms. The molecule has 7 nitrogen and oxygen atoms in total. The lowest BCUT2D eigenvalue weighted by molar-refractivity contribution is -0.149. The Hall–Kier alpha value is -1.34. The van der Waals surface area contributed by atoms with Crippen molar-refractivity contribution in [3.8, 4) is 0 Å². The number of esters is 1. The van der Waals surface area contributed by atoms with Crippen molar-refractivity contribution in [1.29, 1.82) is 0 Å². The third kappa shape index (κ3) is 7.29. The van der Waals surface area contributed by atoms with E-state index in [-0.39, 0.29) is 24.8 Å². The maximum Gasteiger partial charge on any atom is 0.410 e. The minimum absolute atomic E-state index is 0.00344. The second-order valence-corrected chi connectivity index (χ2v) is 5.74. The Labute approximate surface area is 125 Å². The molecule has 122 valence electrons. The summed E-state index contributed by atoms with van der Waals surface area (Å²) in [5, 5.41) is 0. The van der Waals surface area contributed by atoms with E-state index in [0.717, 1.165) is 0 Å². The molecule has 1 heterocycles. The zero-order valence-electron chi connectivity index (χ0n) is 13.2. The van der Waals surface area contributed by atoms with Crippen LogP contribution < -0.4 is 0 Å². The summed E-state index contributed by atoms with van der Waals surface area (Å²) in [7, 11) is 0. The van der Waals surface area contributed by atoms with Gasteiger partial charge in [-0.25, -0.2) is 9.59 Å². The van der Waals surface area contributed by atoms with Crippen molar-refractivity contribution in [2.45, 2.75) is 39.4 Å². The van der Waals surface area contributed by atoms with Crippen LogP contribution in [0.3, 0.4) is 0 Å². The zero-order chi connectivity index (χ0) is 15.9. The van der Waals surface area contributed by atoms with Crippen LogP contribution in [0, 0.1) is 0 Å². The minimum atomic E-state index is -0.482. The van der Waals surface area contributed by atoms with Gasteiger partial charge in [-0.05, 0) is 27.7 Å². The first-order chi connectivity index (χ1) is 9.81. The van der Waals surface area contributed by atoms with Crippen LogP contribution in [0.2, 0.25) is 0 Å². The Kier molecular flexibility index (Phi) is 6.91. The number of rotatable bonds is 7. The van der Waals surface area contributed by atoms with E-state index < -0.39 is 5.60 Å². The molecule has 0 unspecified atom stereocenters. The van der Waals surface area contributed by atoms with Crippen molar-refractivity contribution in [2.24, 2.45) is 0 Å². The van der Waals surface area contributed by atoms with Gasteiger partial charge in [0.25, 0.3) is 0 Å². The highest BCUT2D eigenvalue weighted by Gasteiger charge is 2.34. The summed E-state index contributed by atoms with van der Waals surface area (Å²) in [6.07, 6.45) is -0.315. The van der Waals surface area contributed by atoms with Crippen molar-refractivity contribution in [3.05, 3.63) is 0 Å². The van der Waals surface area contributed by atoms with E-state index in [1.54, 1.807) is 11.8 Å². The van der Waals surface area contributed by atoms with Gasteiger partial charge >= 0.3 is 12.1 Å². The van der Waals surface area contributed by atoms with Crippen LogP contribution in [0.15, 0.2) is 0 Å². The summed E-state index contributed by atoms with van der Waals surface area (Å²) in [5.41, 5.74) is -0.482. The van der Waals surface area contributed by atoms with Gasteiger partial charge in [0.1, 0.15) is 12.2 Å². The standard InChI is InChI=1S/C14H25NO6/c1-5-19-12(16)10-18-6-7-20-11-8-15(9-11)13(17)21-14(2,3)4/h11H,5-10H2,1-4H3. The third-order valence-corrected chi connectivity index (χ3v) is 2.61. The van der Waals surface area contributed by atoms with E-state index in [1.165, 1.54) is 0 Å². The molecule has 0 spiro atoms. The van der Waals surface area contributed by atoms with Crippen molar-refractivity contribution < 1.29 is 28.5 Å². The smallest absolute Gasteiger partial charge is 0.410 e. The molecule has 0 saturated carbocycles. The number of ether oxygens (including phenoxy) is 4. The van der Waals surface area contributed by atoms with Crippen LogP contribution in [0.25, 0.3) is 0 Å². The number of hydrogen-bond acceptors (Lipinski definition) is 6. The van der Waals surface area contributed by atoms with Gasteiger partial charge in [-0.3, -0.25) is 0 Å². The third-order valence-electron chi connectivity index (χ3n) is 2.61. The quantitative estimate of drug-likeness (QED) is 0.520. The highest BCUT2D eigenvalue weighted by Crippen LogP contribution is 2.16. The lowest BCUT2D eigenvalue weighted by Crippen LogP contribution is -2.56. The summed E-state index contributed by atoms with van der Waals surface area (Å²) in [6.45, 7) is 9.27. The second-order valence-electron chi connectivity index (χ2n) is 5.74. The van der Waals surface area contributed by atoms with Gasteiger partial charge < -0.3 is 23.8 Å². The van der Waals surface area contributed by atoms with Gasteiger partial charge in [0.15, 0.2) is 0 Å². The zero-order valence-corrected chi connectivity index (χ0v) is 13.2. The summed E-state index contributed by atoms with van der Waals surface area (Å²) in [5.74, 6) is -0.378. The first kappa shape index (κ1) is 17.7. The van der Waals surface area contributed by atoms with Gasteiger partial charge in [0.2, 0.25) is 0 Å². The molecule has 1 aliphatic heterocycles. The molecule has 0 aromatic carbocycles. The SMILES string of the molecule is CCOC(=O)COCCOC1CN(C(=O)OC(C)(C)C)C1. The first-order valence-electron chi connectivity index (χ1n) is 7.14. The van der Waals surface area contributed by atoms with Crippen molar-refractivity contribution in [3.63, 3.8) is 0 Å². The van der Waals surface area contributed by atoms with Crippen LogP contribution in [-0.2, 0) is 23.7 Å². The van der Waals surface area contributed by atoms with E-state index in [4.69, 9.17) is 18.9 Å². The number of carbonyl (C=O) groups is 2. The fraction of sp³-hybridized carbons (Fsp3) is 0.857. The normalized spacial score (nSPS) is 15.5. The van der Waals surface area contributed by atoms with Crippen LogP contribution in [0.1, 0.15) is 27.7 Å². The van der Waals surface area contributed by atoms with Crippen LogP contribution in [0.5, 0.6) is 0 Å². The summed E-state index contributed by atoms with van der Waals surface area (Å²) < 4.78 is 20.6. The monoisotopic (exact) mass is 303 g/mol. The molecule has 21 heavy (non-hydrogen) atoms. The molecular weight excluding hydrogens is 278 g/mol. The van der Waals surface area contributed by atoms with E-state index in [2.05, 4.69) is 0 Å². The average molecular weight is 303 g/mol. The number of likely N-dealkylation sites (tertiary alicyclic amines) is 1. The van der Waals surface area contributed by atoms with E-state index in [1.807, 2.05) is 20.8 Å². The van der Waals surface area contributed by atoms with Gasteiger partial charge in [-0.1, -0.05) is 0 Å². The maximum absolute atomic E-state index is 11.7. The van der Waals surface area contributed by atoms with Crippen molar-refractivity contribution in [1.82, 2.24) is 4.90 Å². The molecule has 1 saturated heterocycles. The largest absolute Gasteiger partial charge is 0.464 e. The Morgan fingerprint density at radius 2 is 1.86 bits per heavy atom. The maximum atomic E-state index is 11.7. The van der Waals surface area contributed by atoms with Crippen LogP contribution >= 0.6 is 0 Å². The van der Waals surface area contributed by atoms with Gasteiger partial charge in [0.05, 0.1) is 39.0 Å². The molecular formula is C14H25NO6. The molecule has 0 aliphatic carbocycles. The van der Waals surface area contributed by atoms with Crippen molar-refractivity contribution in [2.75, 3.05) is 39.5 Å². The first-order valence-corrected chi connectivity index (χ1v) is 7.14. The molecule has 0 N–H and O–H groups in total. The fourth-order valence-corrected chi connectivity index (χ4v) is 1.65. The van der Waals surface area contributed by atoms with E-state index in [0.29, 0.717) is 32.9 Å². The Morgan fingerprint density at radius 1 is 1.19 bits per heavy atom. The molecule has 1 amide bonds. The second kappa shape index (κ2) is 8.19. The number of hydrogen-bond donors (Lipinski definition) is 0. The number of amides is 1. The molecule has 0 aromatic rings. The lowest BCUT2D eigenvalue weighted by atomic mass is 10.2. The lowest BCUT2D eigenvalue weighted by Gasteiger charge is -2.39.